The van der Waals surface area contributed by atoms with E-state index in [0.717, 1.165) is 15.4 Å². The van der Waals surface area contributed by atoms with Gasteiger partial charge in [-0.3, -0.25) is 13.9 Å². The van der Waals surface area contributed by atoms with E-state index in [-0.39, 0.29) is 29.1 Å². The number of rotatable bonds is 12. The molecule has 41 heavy (non-hydrogen) atoms. The summed E-state index contributed by atoms with van der Waals surface area (Å²) >= 11 is 6.39. The maximum absolute atomic E-state index is 14.2. The summed E-state index contributed by atoms with van der Waals surface area (Å²) < 4.78 is 34.5. The molecule has 0 aliphatic carbocycles. The first-order valence-corrected chi connectivity index (χ1v) is 15.3. The Hall–Kier alpha value is -3.56. The summed E-state index contributed by atoms with van der Waals surface area (Å²) in [5, 5.41) is 3.26. The highest BCUT2D eigenvalue weighted by Crippen LogP contribution is 2.31. The predicted molar refractivity (Wildman–Crippen MR) is 163 cm³/mol. The zero-order valence-corrected chi connectivity index (χ0v) is 25.9. The van der Waals surface area contributed by atoms with E-state index in [1.807, 2.05) is 33.8 Å². The topological polar surface area (TPSA) is 96.0 Å². The summed E-state index contributed by atoms with van der Waals surface area (Å²) in [6, 6.07) is 17.6. The molecule has 3 aromatic carbocycles. The van der Waals surface area contributed by atoms with Crippen LogP contribution in [-0.2, 0) is 26.2 Å². The quantitative estimate of drug-likeness (QED) is 0.297. The highest BCUT2D eigenvalue weighted by molar-refractivity contribution is 7.92. The van der Waals surface area contributed by atoms with E-state index in [9.17, 15) is 18.0 Å². The maximum atomic E-state index is 14.2. The Bertz CT molecular complexity index is 1480. The molecule has 0 aliphatic heterocycles. The Kier molecular flexibility index (Phi) is 10.8. The van der Waals surface area contributed by atoms with Crippen molar-refractivity contribution < 1.29 is 22.7 Å². The molecule has 0 radical (unpaired) electrons. The van der Waals surface area contributed by atoms with Crippen LogP contribution in [0.1, 0.15) is 43.9 Å². The van der Waals surface area contributed by atoms with E-state index in [0.29, 0.717) is 22.8 Å². The van der Waals surface area contributed by atoms with Crippen molar-refractivity contribution in [3.05, 3.63) is 88.4 Å². The third-order valence-electron chi connectivity index (χ3n) is 6.70. The summed E-state index contributed by atoms with van der Waals surface area (Å²) in [5.41, 5.74) is 2.44. The molecule has 0 aromatic heterocycles. The van der Waals surface area contributed by atoms with Gasteiger partial charge in [0.1, 0.15) is 18.3 Å². The first-order chi connectivity index (χ1) is 19.4. The van der Waals surface area contributed by atoms with Gasteiger partial charge in [-0.1, -0.05) is 54.4 Å². The molecule has 0 fully saturated rings. The Balaban J connectivity index is 2.11. The van der Waals surface area contributed by atoms with Gasteiger partial charge in [-0.2, -0.15) is 0 Å². The van der Waals surface area contributed by atoms with Gasteiger partial charge in [0.05, 0.1) is 17.7 Å². The van der Waals surface area contributed by atoms with Crippen LogP contribution >= 0.6 is 11.6 Å². The number of amides is 2. The minimum atomic E-state index is -4.19. The molecule has 0 saturated carbocycles. The van der Waals surface area contributed by atoms with Crippen molar-refractivity contribution in [2.24, 2.45) is 0 Å². The molecular weight excluding hydrogens is 562 g/mol. The summed E-state index contributed by atoms with van der Waals surface area (Å²) in [5.74, 6) is -0.244. The number of carbonyl (C=O) groups excluding carboxylic acids is 2. The molecule has 10 heteroatoms. The summed E-state index contributed by atoms with van der Waals surface area (Å²) in [6.07, 6.45) is 0.329. The Morgan fingerprint density at radius 2 is 1.66 bits per heavy atom. The van der Waals surface area contributed by atoms with Crippen LogP contribution in [0.3, 0.4) is 0 Å². The average Bonchev–Trinajstić information content (AvgIpc) is 2.93. The molecule has 0 aliphatic rings. The fourth-order valence-electron chi connectivity index (χ4n) is 4.48. The monoisotopic (exact) mass is 599 g/mol. The van der Waals surface area contributed by atoms with Crippen molar-refractivity contribution in [3.63, 3.8) is 0 Å². The normalized spacial score (nSPS) is 12.1. The molecule has 1 atom stereocenters. The van der Waals surface area contributed by atoms with Crippen molar-refractivity contribution in [1.29, 1.82) is 0 Å². The number of methoxy groups -OCH3 is 1. The van der Waals surface area contributed by atoms with E-state index in [2.05, 4.69) is 5.32 Å². The smallest absolute Gasteiger partial charge is 0.264 e. The molecule has 220 valence electrons. The summed E-state index contributed by atoms with van der Waals surface area (Å²) in [4.78, 5) is 28.9. The third kappa shape index (κ3) is 7.80. The van der Waals surface area contributed by atoms with E-state index >= 15 is 0 Å². The van der Waals surface area contributed by atoms with Crippen LogP contribution in [0, 0.1) is 13.8 Å². The van der Waals surface area contributed by atoms with Crippen LogP contribution in [0.15, 0.2) is 71.6 Å². The summed E-state index contributed by atoms with van der Waals surface area (Å²) in [7, 11) is -2.64. The Morgan fingerprint density at radius 1 is 1.00 bits per heavy atom. The zero-order valence-electron chi connectivity index (χ0n) is 24.3. The molecule has 2 amide bonds. The lowest BCUT2D eigenvalue weighted by atomic mass is 10.1. The molecular formula is C31H38ClN3O5S. The number of hydrogen-bond acceptors (Lipinski definition) is 5. The fourth-order valence-corrected chi connectivity index (χ4v) is 6.13. The first kappa shape index (κ1) is 32.0. The molecule has 3 aromatic rings. The van der Waals surface area contributed by atoms with Gasteiger partial charge in [0.15, 0.2) is 0 Å². The van der Waals surface area contributed by atoms with Gasteiger partial charge in [0.25, 0.3) is 10.0 Å². The lowest BCUT2D eigenvalue weighted by Crippen LogP contribution is -2.53. The predicted octanol–water partition coefficient (Wildman–Crippen LogP) is 5.49. The number of benzene rings is 3. The number of halogens is 1. The van der Waals surface area contributed by atoms with Crippen LogP contribution in [-0.4, -0.2) is 50.9 Å². The van der Waals surface area contributed by atoms with Gasteiger partial charge in [-0.15, -0.1) is 0 Å². The number of carbonyl (C=O) groups is 2. The lowest BCUT2D eigenvalue weighted by Gasteiger charge is -2.34. The van der Waals surface area contributed by atoms with Crippen molar-refractivity contribution in [1.82, 2.24) is 10.2 Å². The van der Waals surface area contributed by atoms with Gasteiger partial charge in [-0.05, 0) is 81.6 Å². The van der Waals surface area contributed by atoms with Crippen molar-refractivity contribution in [2.75, 3.05) is 18.0 Å². The lowest BCUT2D eigenvalue weighted by molar-refractivity contribution is -0.140. The Labute approximate surface area is 248 Å². The van der Waals surface area contributed by atoms with Crippen LogP contribution in [0.2, 0.25) is 5.02 Å². The highest BCUT2D eigenvalue weighted by Gasteiger charge is 2.34. The first-order valence-electron chi connectivity index (χ1n) is 13.5. The number of anilines is 1. The van der Waals surface area contributed by atoms with Crippen LogP contribution in [0.4, 0.5) is 5.69 Å². The highest BCUT2D eigenvalue weighted by atomic mass is 35.5. The third-order valence-corrected chi connectivity index (χ3v) is 8.88. The van der Waals surface area contributed by atoms with Crippen molar-refractivity contribution in [3.8, 4) is 5.75 Å². The van der Waals surface area contributed by atoms with Gasteiger partial charge in [0, 0.05) is 17.6 Å². The van der Waals surface area contributed by atoms with Gasteiger partial charge >= 0.3 is 0 Å². The minimum absolute atomic E-state index is 0.0409. The maximum Gasteiger partial charge on any atom is 0.264 e. The number of sulfonamides is 1. The second-order valence-electron chi connectivity index (χ2n) is 10.2. The number of hydrogen-bond donors (Lipinski definition) is 1. The van der Waals surface area contributed by atoms with E-state index in [4.69, 9.17) is 16.3 Å². The molecule has 0 heterocycles. The molecule has 1 unspecified atom stereocenters. The molecule has 0 spiro atoms. The van der Waals surface area contributed by atoms with Gasteiger partial charge in [-0.25, -0.2) is 8.42 Å². The van der Waals surface area contributed by atoms with E-state index in [1.54, 1.807) is 62.6 Å². The van der Waals surface area contributed by atoms with Crippen LogP contribution < -0.4 is 14.4 Å². The molecule has 0 bridgehead atoms. The van der Waals surface area contributed by atoms with Gasteiger partial charge in [0.2, 0.25) is 11.8 Å². The van der Waals surface area contributed by atoms with Crippen LogP contribution in [0.5, 0.6) is 5.75 Å². The Morgan fingerprint density at radius 3 is 2.27 bits per heavy atom. The number of nitrogens with one attached hydrogen (secondary N) is 1. The van der Waals surface area contributed by atoms with Gasteiger partial charge < -0.3 is 15.0 Å². The number of nitrogens with zero attached hydrogens (tertiary/aromatic N) is 2. The molecule has 8 nitrogen and oxygen atoms in total. The SMILES string of the molecule is CCC(C(=O)NC(C)C)N(Cc1cccc(OC)c1)C(=O)CN(c1cccc(Cl)c1C)S(=O)(=O)c1ccc(C)cc1. The fraction of sp³-hybridized carbons (Fsp3) is 0.355. The van der Waals surface area contributed by atoms with E-state index < -0.39 is 28.5 Å². The second kappa shape index (κ2) is 13.9. The van der Waals surface area contributed by atoms with Crippen molar-refractivity contribution >= 4 is 39.1 Å². The zero-order chi connectivity index (χ0) is 30.3. The minimum Gasteiger partial charge on any atom is -0.497 e. The van der Waals surface area contributed by atoms with E-state index in [1.165, 1.54) is 17.0 Å². The summed E-state index contributed by atoms with van der Waals surface area (Å²) in [6.45, 7) is 8.62. The molecule has 0 saturated heterocycles. The molecule has 3 rings (SSSR count). The van der Waals surface area contributed by atoms with Crippen LogP contribution in [0.25, 0.3) is 0 Å². The number of ether oxygens (including phenoxy) is 1. The largest absolute Gasteiger partial charge is 0.497 e. The standard InChI is InChI=1S/C31H38ClN3O5S/c1-7-28(31(37)33-21(2)3)34(19-24-10-8-11-25(18-24)40-6)30(36)20-35(29-13-9-12-27(32)23(29)5)41(38,39)26-16-14-22(4)15-17-26/h8-18,21,28H,7,19-20H2,1-6H3,(H,33,37). The molecule has 1 N–H and O–H groups in total. The second-order valence-corrected chi connectivity index (χ2v) is 12.4. The average molecular weight is 600 g/mol. The number of aryl methyl sites for hydroxylation is 1. The van der Waals surface area contributed by atoms with Crippen molar-refractivity contribution in [2.45, 2.75) is 64.6 Å².